The molecule has 1 aromatic carbocycles. The summed E-state index contributed by atoms with van der Waals surface area (Å²) in [6, 6.07) is 9.63. The number of hydrogen-bond acceptors (Lipinski definition) is 6. The van der Waals surface area contributed by atoms with Gasteiger partial charge in [-0.05, 0) is 25.1 Å². The van der Waals surface area contributed by atoms with Gasteiger partial charge in [0.2, 0.25) is 11.8 Å². The Morgan fingerprint density at radius 1 is 1.21 bits per heavy atom. The molecule has 2 fully saturated rings. The molecule has 2 saturated heterocycles. The van der Waals surface area contributed by atoms with Crippen LogP contribution >= 0.6 is 0 Å². The van der Waals surface area contributed by atoms with Crippen molar-refractivity contribution in [2.24, 2.45) is 5.92 Å². The van der Waals surface area contributed by atoms with E-state index in [1.807, 2.05) is 31.2 Å². The van der Waals surface area contributed by atoms with E-state index < -0.39 is 6.55 Å². The van der Waals surface area contributed by atoms with Crippen molar-refractivity contribution in [1.82, 2.24) is 19.9 Å². The van der Waals surface area contributed by atoms with Gasteiger partial charge in [0.25, 0.3) is 0 Å². The highest BCUT2D eigenvalue weighted by Crippen LogP contribution is 2.33. The maximum absolute atomic E-state index is 13.6. The van der Waals surface area contributed by atoms with E-state index in [0.717, 1.165) is 35.2 Å². The van der Waals surface area contributed by atoms with Crippen molar-refractivity contribution in [1.29, 1.82) is 0 Å². The molecule has 0 bridgehead atoms. The number of carbonyl (C=O) groups is 1. The predicted molar refractivity (Wildman–Crippen MR) is 118 cm³/mol. The Morgan fingerprint density at radius 3 is 2.64 bits per heavy atom. The van der Waals surface area contributed by atoms with Crippen LogP contribution in [-0.4, -0.2) is 59.4 Å². The highest BCUT2D eigenvalue weighted by molar-refractivity contribution is 5.85. The molecule has 0 saturated carbocycles. The third-order valence-corrected chi connectivity index (χ3v) is 6.24. The van der Waals surface area contributed by atoms with Crippen LogP contribution in [0.3, 0.4) is 0 Å². The average molecular weight is 457 g/mol. The number of amides is 1. The lowest BCUT2D eigenvalue weighted by Crippen LogP contribution is -2.36. The lowest BCUT2D eigenvalue weighted by molar-refractivity contribution is -0.119. The molecule has 5 rings (SSSR count). The molecular formula is C23H25F2N5O3. The number of halogens is 2. The molecule has 1 N–H and O–H groups in total. The van der Waals surface area contributed by atoms with Gasteiger partial charge >= 0.3 is 6.55 Å². The minimum atomic E-state index is -2.78. The van der Waals surface area contributed by atoms with E-state index in [1.54, 1.807) is 6.07 Å². The third-order valence-electron chi connectivity index (χ3n) is 6.24. The van der Waals surface area contributed by atoms with Gasteiger partial charge in [0.15, 0.2) is 0 Å². The molecule has 4 heterocycles. The van der Waals surface area contributed by atoms with Gasteiger partial charge in [-0.2, -0.15) is 8.78 Å². The monoisotopic (exact) mass is 457 g/mol. The highest BCUT2D eigenvalue weighted by Gasteiger charge is 2.29. The molecule has 0 radical (unpaired) electrons. The number of nitrogens with zero attached hydrogens (tertiary/aromatic N) is 4. The first kappa shape index (κ1) is 21.6. The molecule has 2 aliphatic heterocycles. The Morgan fingerprint density at radius 2 is 1.97 bits per heavy atom. The summed E-state index contributed by atoms with van der Waals surface area (Å²) in [6.45, 7) is 2.61. The first-order valence-corrected chi connectivity index (χ1v) is 11.0. The van der Waals surface area contributed by atoms with Crippen molar-refractivity contribution >= 4 is 22.6 Å². The van der Waals surface area contributed by atoms with Crippen molar-refractivity contribution in [3.05, 3.63) is 36.7 Å². The second kappa shape index (κ2) is 8.93. The lowest BCUT2D eigenvalue weighted by Gasteiger charge is -2.28. The first-order valence-electron chi connectivity index (χ1n) is 11.0. The number of pyridine rings is 1. The van der Waals surface area contributed by atoms with E-state index in [4.69, 9.17) is 9.47 Å². The minimum absolute atomic E-state index is 0.0414. The number of benzene rings is 1. The number of anilines is 1. The minimum Gasteiger partial charge on any atom is -0.473 e. The van der Waals surface area contributed by atoms with Crippen LogP contribution in [0.5, 0.6) is 5.88 Å². The van der Waals surface area contributed by atoms with Crippen LogP contribution in [0.4, 0.5) is 14.5 Å². The zero-order valence-electron chi connectivity index (χ0n) is 18.2. The van der Waals surface area contributed by atoms with Crippen molar-refractivity contribution in [2.45, 2.75) is 26.0 Å². The lowest BCUT2D eigenvalue weighted by atomic mass is 10.0. The fourth-order valence-electron chi connectivity index (χ4n) is 4.30. The summed E-state index contributed by atoms with van der Waals surface area (Å²) in [7, 11) is 0. The standard InChI is InChI=1S/C23H25F2N5O3/c1-14(16-10-20(31)26-12-16)33-22-21-19(27-13-30(21)23(24)25)11-18(28-22)15-2-4-17(5-3-15)29-6-8-32-9-7-29/h2-5,11,13-14,16,23H,6-10,12H2,1H3,(H,26,31)/t14-,16-/m1/s1. The Balaban J connectivity index is 1.48. The predicted octanol–water partition coefficient (Wildman–Crippen LogP) is 3.23. The van der Waals surface area contributed by atoms with Gasteiger partial charge in [-0.3, -0.25) is 9.36 Å². The second-order valence-electron chi connectivity index (χ2n) is 8.35. The molecule has 33 heavy (non-hydrogen) atoms. The van der Waals surface area contributed by atoms with Gasteiger partial charge in [-0.25, -0.2) is 9.97 Å². The quantitative estimate of drug-likeness (QED) is 0.612. The van der Waals surface area contributed by atoms with E-state index in [-0.39, 0.29) is 29.3 Å². The SMILES string of the molecule is C[C@@H](Oc1nc(-c2ccc(N3CCOCC3)cc2)cc2ncn(C(F)F)c12)[C@H]1CNC(=O)C1. The summed E-state index contributed by atoms with van der Waals surface area (Å²) < 4.78 is 39.5. The van der Waals surface area contributed by atoms with Gasteiger partial charge in [0.05, 0.1) is 24.4 Å². The summed E-state index contributed by atoms with van der Waals surface area (Å²) in [6.07, 6.45) is 1.04. The van der Waals surface area contributed by atoms with E-state index >= 15 is 0 Å². The Kier molecular flexibility index (Phi) is 5.84. The zero-order chi connectivity index (χ0) is 22.9. The molecule has 8 nitrogen and oxygen atoms in total. The number of rotatable bonds is 6. The number of ether oxygens (including phenoxy) is 2. The van der Waals surface area contributed by atoms with E-state index in [1.165, 1.54) is 0 Å². The molecule has 1 amide bonds. The van der Waals surface area contributed by atoms with Crippen LogP contribution in [0.15, 0.2) is 36.7 Å². The molecular weight excluding hydrogens is 432 g/mol. The van der Waals surface area contributed by atoms with Crippen LogP contribution in [-0.2, 0) is 9.53 Å². The summed E-state index contributed by atoms with van der Waals surface area (Å²) in [4.78, 5) is 22.6. The van der Waals surface area contributed by atoms with Crippen molar-refractivity contribution in [3.63, 3.8) is 0 Å². The molecule has 0 aliphatic carbocycles. The fraction of sp³-hybridized carbons (Fsp3) is 0.435. The average Bonchev–Trinajstić information content (AvgIpc) is 3.46. The number of carbonyl (C=O) groups excluding carboxylic acids is 1. The van der Waals surface area contributed by atoms with Gasteiger partial charge in [0, 0.05) is 43.2 Å². The maximum atomic E-state index is 13.6. The normalized spacial score (nSPS) is 19.8. The number of alkyl halides is 2. The maximum Gasteiger partial charge on any atom is 0.320 e. The largest absolute Gasteiger partial charge is 0.473 e. The second-order valence-corrected chi connectivity index (χ2v) is 8.35. The smallest absolute Gasteiger partial charge is 0.320 e. The summed E-state index contributed by atoms with van der Waals surface area (Å²) in [5.74, 6) is -0.0153. The third kappa shape index (κ3) is 4.35. The number of imidazole rings is 1. The van der Waals surface area contributed by atoms with Gasteiger partial charge in [-0.1, -0.05) is 12.1 Å². The number of morpholine rings is 1. The highest BCUT2D eigenvalue weighted by atomic mass is 19.3. The molecule has 0 unspecified atom stereocenters. The van der Waals surface area contributed by atoms with Crippen molar-refractivity contribution < 1.29 is 23.0 Å². The molecule has 10 heteroatoms. The van der Waals surface area contributed by atoms with E-state index in [2.05, 4.69) is 20.2 Å². The first-order chi connectivity index (χ1) is 16.0. The van der Waals surface area contributed by atoms with Crippen LogP contribution in [0.2, 0.25) is 0 Å². The summed E-state index contributed by atoms with van der Waals surface area (Å²) in [5, 5.41) is 2.78. The van der Waals surface area contributed by atoms with Crippen molar-refractivity contribution in [3.8, 4) is 17.1 Å². The topological polar surface area (TPSA) is 81.5 Å². The van der Waals surface area contributed by atoms with Crippen LogP contribution in [0, 0.1) is 5.92 Å². The molecule has 174 valence electrons. The number of aromatic nitrogens is 3. The Labute approximate surface area is 189 Å². The number of hydrogen-bond donors (Lipinski definition) is 1. The molecule has 2 aromatic heterocycles. The Hall–Kier alpha value is -3.27. The van der Waals surface area contributed by atoms with E-state index in [9.17, 15) is 13.6 Å². The van der Waals surface area contributed by atoms with Gasteiger partial charge in [-0.15, -0.1) is 0 Å². The Bertz CT molecular complexity index is 1140. The molecule has 2 aliphatic rings. The van der Waals surface area contributed by atoms with Crippen molar-refractivity contribution in [2.75, 3.05) is 37.7 Å². The van der Waals surface area contributed by atoms with Crippen LogP contribution < -0.4 is 15.0 Å². The fourth-order valence-corrected chi connectivity index (χ4v) is 4.30. The van der Waals surface area contributed by atoms with Crippen LogP contribution in [0.1, 0.15) is 19.9 Å². The molecule has 3 aromatic rings. The molecule has 0 spiro atoms. The zero-order valence-corrected chi connectivity index (χ0v) is 18.2. The number of nitrogens with one attached hydrogen (secondary N) is 1. The van der Waals surface area contributed by atoms with E-state index in [0.29, 0.717) is 37.4 Å². The van der Waals surface area contributed by atoms with Gasteiger partial charge in [0.1, 0.15) is 17.9 Å². The van der Waals surface area contributed by atoms with Gasteiger partial charge < -0.3 is 19.7 Å². The number of fused-ring (bicyclic) bond motifs is 1. The molecule has 2 atom stereocenters. The summed E-state index contributed by atoms with van der Waals surface area (Å²) >= 11 is 0. The summed E-state index contributed by atoms with van der Waals surface area (Å²) in [5.41, 5.74) is 3.02. The van der Waals surface area contributed by atoms with Crippen LogP contribution in [0.25, 0.3) is 22.3 Å².